The fraction of sp³-hybridized carbons (Fsp3) is 0.947. The summed E-state index contributed by atoms with van der Waals surface area (Å²) in [6.45, 7) is 9.03. The molecule has 0 radical (unpaired) electrons. The lowest BCUT2D eigenvalue weighted by Crippen LogP contribution is -2.30. The number of rotatable bonds is 52. The van der Waals surface area contributed by atoms with Crippen molar-refractivity contribution in [1.82, 2.24) is 0 Å². The minimum Gasteiger partial charge on any atom is -0.462 e. The first-order valence-electron chi connectivity index (χ1n) is 28.4. The van der Waals surface area contributed by atoms with E-state index in [1.807, 2.05) is 0 Å². The van der Waals surface area contributed by atoms with E-state index in [9.17, 15) is 14.4 Å². The van der Waals surface area contributed by atoms with E-state index in [1.165, 1.54) is 218 Å². The Hall–Kier alpha value is -1.59. The first kappa shape index (κ1) is 61.4. The van der Waals surface area contributed by atoms with Gasteiger partial charge in [0.15, 0.2) is 6.10 Å². The highest BCUT2D eigenvalue weighted by molar-refractivity contribution is 5.71. The van der Waals surface area contributed by atoms with Gasteiger partial charge in [0.1, 0.15) is 13.2 Å². The van der Waals surface area contributed by atoms with Gasteiger partial charge >= 0.3 is 17.9 Å². The molecule has 0 bridgehead atoms. The van der Waals surface area contributed by atoms with Crippen LogP contribution in [0.1, 0.15) is 323 Å². The Morgan fingerprint density at radius 2 is 0.524 bits per heavy atom. The van der Waals surface area contributed by atoms with Gasteiger partial charge in [-0.05, 0) is 25.2 Å². The van der Waals surface area contributed by atoms with Crippen LogP contribution in [0.2, 0.25) is 0 Å². The van der Waals surface area contributed by atoms with Crippen molar-refractivity contribution in [2.45, 2.75) is 329 Å². The van der Waals surface area contributed by atoms with E-state index in [0.29, 0.717) is 19.3 Å². The molecule has 1 atom stereocenters. The van der Waals surface area contributed by atoms with E-state index >= 15 is 0 Å². The van der Waals surface area contributed by atoms with Gasteiger partial charge < -0.3 is 14.2 Å². The number of hydrogen-bond donors (Lipinski definition) is 0. The summed E-state index contributed by atoms with van der Waals surface area (Å²) in [6.07, 6.45) is 55.4. The molecule has 0 heterocycles. The van der Waals surface area contributed by atoms with E-state index in [-0.39, 0.29) is 31.1 Å². The number of ether oxygens (including phenoxy) is 3. The third kappa shape index (κ3) is 51.3. The standard InChI is InChI=1S/C57H110O6/c1-5-7-9-11-13-14-15-16-17-18-19-20-24-27-30-33-37-41-45-49-56(59)62-52-54(51-61-55(58)48-44-40-35-12-10-8-6-2)63-57(60)50-46-42-38-34-31-28-25-22-21-23-26-29-32-36-39-43-47-53(3)4/h53-54H,5-52H2,1-4H3/t54-/m1/s1. The van der Waals surface area contributed by atoms with Crippen molar-refractivity contribution in [2.75, 3.05) is 13.2 Å². The molecule has 0 aliphatic heterocycles. The molecule has 0 aromatic heterocycles. The number of carbonyl (C=O) groups excluding carboxylic acids is 3. The summed E-state index contributed by atoms with van der Waals surface area (Å²) in [7, 11) is 0. The van der Waals surface area contributed by atoms with E-state index in [1.54, 1.807) is 0 Å². The molecule has 6 heteroatoms. The van der Waals surface area contributed by atoms with Crippen LogP contribution >= 0.6 is 0 Å². The number of carbonyl (C=O) groups is 3. The van der Waals surface area contributed by atoms with E-state index in [2.05, 4.69) is 27.7 Å². The van der Waals surface area contributed by atoms with Crippen molar-refractivity contribution in [3.63, 3.8) is 0 Å². The Morgan fingerprint density at radius 3 is 0.778 bits per heavy atom. The summed E-state index contributed by atoms with van der Waals surface area (Å²) in [4.78, 5) is 37.9. The topological polar surface area (TPSA) is 78.9 Å². The number of hydrogen-bond acceptors (Lipinski definition) is 6. The molecule has 0 saturated carbocycles. The van der Waals surface area contributed by atoms with Crippen molar-refractivity contribution >= 4 is 17.9 Å². The van der Waals surface area contributed by atoms with Crippen LogP contribution in [0.3, 0.4) is 0 Å². The van der Waals surface area contributed by atoms with Gasteiger partial charge in [-0.1, -0.05) is 285 Å². The Bertz CT molecular complexity index is 949. The van der Waals surface area contributed by atoms with Gasteiger partial charge in [-0.2, -0.15) is 0 Å². The van der Waals surface area contributed by atoms with Crippen molar-refractivity contribution < 1.29 is 28.6 Å². The average Bonchev–Trinajstić information content (AvgIpc) is 3.27. The Kier molecular flexibility index (Phi) is 50.1. The highest BCUT2D eigenvalue weighted by Crippen LogP contribution is 2.18. The second-order valence-corrected chi connectivity index (χ2v) is 20.1. The summed E-state index contributed by atoms with van der Waals surface area (Å²) < 4.78 is 16.8. The number of esters is 3. The Morgan fingerprint density at radius 1 is 0.302 bits per heavy atom. The van der Waals surface area contributed by atoms with E-state index in [0.717, 1.165) is 63.7 Å². The van der Waals surface area contributed by atoms with Crippen LogP contribution in [0.25, 0.3) is 0 Å². The minimum atomic E-state index is -0.760. The molecule has 0 saturated heterocycles. The van der Waals surface area contributed by atoms with Crippen LogP contribution in [-0.4, -0.2) is 37.2 Å². The van der Waals surface area contributed by atoms with Gasteiger partial charge in [-0.3, -0.25) is 14.4 Å². The summed E-state index contributed by atoms with van der Waals surface area (Å²) in [5.41, 5.74) is 0. The number of unbranched alkanes of at least 4 members (excludes halogenated alkanes) is 39. The molecule has 0 spiro atoms. The monoisotopic (exact) mass is 891 g/mol. The van der Waals surface area contributed by atoms with Crippen molar-refractivity contribution in [3.8, 4) is 0 Å². The Balaban J connectivity index is 4.13. The predicted molar refractivity (Wildman–Crippen MR) is 270 cm³/mol. The molecule has 0 rings (SSSR count). The molecule has 63 heavy (non-hydrogen) atoms. The molecule has 0 aromatic carbocycles. The molecule has 0 N–H and O–H groups in total. The molecule has 0 aliphatic rings. The lowest BCUT2D eigenvalue weighted by Gasteiger charge is -2.18. The minimum absolute atomic E-state index is 0.0625. The normalized spacial score (nSPS) is 12.0. The van der Waals surface area contributed by atoms with Gasteiger partial charge in [-0.15, -0.1) is 0 Å². The van der Waals surface area contributed by atoms with E-state index < -0.39 is 6.10 Å². The van der Waals surface area contributed by atoms with Crippen molar-refractivity contribution in [3.05, 3.63) is 0 Å². The van der Waals surface area contributed by atoms with Crippen LogP contribution < -0.4 is 0 Å². The molecule has 0 aliphatic carbocycles. The Labute approximate surface area is 393 Å². The molecule has 0 fully saturated rings. The van der Waals surface area contributed by atoms with Crippen LogP contribution in [0, 0.1) is 5.92 Å². The lowest BCUT2D eigenvalue weighted by atomic mass is 10.0. The first-order chi connectivity index (χ1) is 30.9. The summed E-state index contributed by atoms with van der Waals surface area (Å²) in [5.74, 6) is 0.00676. The maximum Gasteiger partial charge on any atom is 0.306 e. The largest absolute Gasteiger partial charge is 0.462 e. The van der Waals surface area contributed by atoms with E-state index in [4.69, 9.17) is 14.2 Å². The SMILES string of the molecule is CCCCCCCCCCCCCCCCCCCCCC(=O)OC[C@@H](COC(=O)CCCCCCCCC)OC(=O)CCCCCCCCCCCCCCCCCCC(C)C. The van der Waals surface area contributed by atoms with Crippen LogP contribution in [0.4, 0.5) is 0 Å². The molecular weight excluding hydrogens is 781 g/mol. The molecule has 6 nitrogen and oxygen atoms in total. The van der Waals surface area contributed by atoms with Crippen LogP contribution in [0.5, 0.6) is 0 Å². The lowest BCUT2D eigenvalue weighted by molar-refractivity contribution is -0.167. The molecule has 0 aromatic rings. The molecule has 374 valence electrons. The van der Waals surface area contributed by atoms with Gasteiger partial charge in [0.2, 0.25) is 0 Å². The first-order valence-corrected chi connectivity index (χ1v) is 28.4. The van der Waals surface area contributed by atoms with Crippen LogP contribution in [-0.2, 0) is 28.6 Å². The van der Waals surface area contributed by atoms with Crippen molar-refractivity contribution in [1.29, 1.82) is 0 Å². The van der Waals surface area contributed by atoms with Gasteiger partial charge in [-0.25, -0.2) is 0 Å². The second-order valence-electron chi connectivity index (χ2n) is 20.1. The fourth-order valence-electron chi connectivity index (χ4n) is 8.75. The zero-order valence-electron chi connectivity index (χ0n) is 43.0. The maximum atomic E-state index is 12.8. The van der Waals surface area contributed by atoms with Crippen molar-refractivity contribution in [2.24, 2.45) is 5.92 Å². The maximum absolute atomic E-state index is 12.8. The zero-order valence-corrected chi connectivity index (χ0v) is 43.0. The third-order valence-corrected chi connectivity index (χ3v) is 13.0. The van der Waals surface area contributed by atoms with Gasteiger partial charge in [0.05, 0.1) is 0 Å². The van der Waals surface area contributed by atoms with Crippen LogP contribution in [0.15, 0.2) is 0 Å². The quantitative estimate of drug-likeness (QED) is 0.0344. The molecule has 0 unspecified atom stereocenters. The highest BCUT2D eigenvalue weighted by atomic mass is 16.6. The second kappa shape index (κ2) is 51.4. The van der Waals surface area contributed by atoms with Gasteiger partial charge in [0.25, 0.3) is 0 Å². The van der Waals surface area contributed by atoms with Gasteiger partial charge in [0, 0.05) is 19.3 Å². The third-order valence-electron chi connectivity index (χ3n) is 13.0. The smallest absolute Gasteiger partial charge is 0.306 e. The average molecular weight is 892 g/mol. The molecular formula is C57H110O6. The predicted octanol–water partition coefficient (Wildman–Crippen LogP) is 18.6. The summed E-state index contributed by atoms with van der Waals surface area (Å²) in [6, 6.07) is 0. The fourth-order valence-corrected chi connectivity index (χ4v) is 8.75. The molecule has 0 amide bonds. The zero-order chi connectivity index (χ0) is 45.9. The summed E-state index contributed by atoms with van der Waals surface area (Å²) in [5, 5.41) is 0. The summed E-state index contributed by atoms with van der Waals surface area (Å²) >= 11 is 0. The highest BCUT2D eigenvalue weighted by Gasteiger charge is 2.19.